The quantitative estimate of drug-likeness (QED) is 0.420. The summed E-state index contributed by atoms with van der Waals surface area (Å²) in [7, 11) is 0. The van der Waals surface area contributed by atoms with Gasteiger partial charge in [0.1, 0.15) is 5.82 Å². The van der Waals surface area contributed by atoms with E-state index in [0.717, 1.165) is 8.04 Å². The summed E-state index contributed by atoms with van der Waals surface area (Å²) in [6, 6.07) is 3.08. The van der Waals surface area contributed by atoms with Crippen LogP contribution in [0.15, 0.2) is 21.5 Å². The summed E-state index contributed by atoms with van der Waals surface area (Å²) >= 11 is 9.22. The minimum atomic E-state index is -0.296. The lowest BCUT2D eigenvalue weighted by Crippen LogP contribution is -1.80. The maximum atomic E-state index is 12.6. The third-order valence-corrected chi connectivity index (χ3v) is 3.62. The van der Waals surface area contributed by atoms with Crippen molar-refractivity contribution < 1.29 is 4.39 Å². The van der Waals surface area contributed by atoms with Crippen LogP contribution in [0, 0.1) is 9.39 Å². The van der Waals surface area contributed by atoms with Crippen LogP contribution < -0.4 is 0 Å². The zero-order valence-electron chi connectivity index (χ0n) is 4.74. The molecule has 0 atom stereocenters. The molecule has 0 aliphatic carbocycles. The summed E-state index contributed by atoms with van der Waals surface area (Å²) in [5.41, 5.74) is 0. The average molecular weight is 333 g/mol. The molecule has 0 N–H and O–H groups in total. The van der Waals surface area contributed by atoms with E-state index in [9.17, 15) is 4.39 Å². The zero-order valence-corrected chi connectivity index (χ0v) is 9.37. The van der Waals surface area contributed by atoms with Gasteiger partial charge in [-0.05, 0) is 50.7 Å². The molecular formula is C6H3BrFIS. The van der Waals surface area contributed by atoms with Crippen molar-refractivity contribution in [2.45, 2.75) is 4.90 Å². The van der Waals surface area contributed by atoms with Crippen molar-refractivity contribution in [1.29, 1.82) is 0 Å². The Labute approximate surface area is 85.9 Å². The molecule has 0 saturated heterocycles. The summed E-state index contributed by atoms with van der Waals surface area (Å²) in [4.78, 5) is 0.382. The smallest absolute Gasteiger partial charge is 0.137 e. The van der Waals surface area contributed by atoms with Crippen molar-refractivity contribution in [3.63, 3.8) is 0 Å². The van der Waals surface area contributed by atoms with Crippen molar-refractivity contribution in [3.05, 3.63) is 26.0 Å². The standard InChI is InChI=1S/C6H3BrFIS/c7-3-1-4(8)6(10)2-5(3)9/h1-2,10H. The molecule has 0 amide bonds. The Balaban J connectivity index is 3.28. The van der Waals surface area contributed by atoms with Gasteiger partial charge in [0.05, 0.1) is 0 Å². The first-order valence-corrected chi connectivity index (χ1v) is 4.76. The number of thiol groups is 1. The molecule has 54 valence electrons. The predicted octanol–water partition coefficient (Wildman–Crippen LogP) is 3.48. The van der Waals surface area contributed by atoms with Gasteiger partial charge >= 0.3 is 0 Å². The number of hydrogen-bond acceptors (Lipinski definition) is 1. The summed E-state index contributed by atoms with van der Waals surface area (Å²) in [6.07, 6.45) is 0. The van der Waals surface area contributed by atoms with Gasteiger partial charge in [-0.15, -0.1) is 12.6 Å². The monoisotopic (exact) mass is 332 g/mol. The van der Waals surface area contributed by atoms with Crippen LogP contribution in [0.4, 0.5) is 4.39 Å². The molecule has 0 saturated carbocycles. The fourth-order valence-electron chi connectivity index (χ4n) is 0.512. The molecule has 1 aromatic rings. The van der Waals surface area contributed by atoms with Crippen molar-refractivity contribution in [2.24, 2.45) is 0 Å². The second-order valence-corrected chi connectivity index (χ2v) is 4.22. The molecule has 0 aliphatic rings. The van der Waals surface area contributed by atoms with E-state index in [-0.39, 0.29) is 5.82 Å². The van der Waals surface area contributed by atoms with E-state index in [2.05, 4.69) is 51.1 Å². The van der Waals surface area contributed by atoms with Gasteiger partial charge < -0.3 is 0 Å². The molecule has 0 spiro atoms. The van der Waals surface area contributed by atoms with Crippen molar-refractivity contribution in [1.82, 2.24) is 0 Å². The third kappa shape index (κ3) is 1.85. The van der Waals surface area contributed by atoms with Gasteiger partial charge in [-0.3, -0.25) is 0 Å². The van der Waals surface area contributed by atoms with Crippen LogP contribution in [0.2, 0.25) is 0 Å². The Hall–Kier alpha value is 0.710. The van der Waals surface area contributed by atoms with Gasteiger partial charge in [0, 0.05) is 12.9 Å². The minimum Gasteiger partial charge on any atom is -0.206 e. The minimum absolute atomic E-state index is 0.296. The SMILES string of the molecule is Fc1cc(Br)c(I)cc1S. The van der Waals surface area contributed by atoms with E-state index in [1.807, 2.05) is 0 Å². The van der Waals surface area contributed by atoms with Gasteiger partial charge in [0.2, 0.25) is 0 Å². The second kappa shape index (κ2) is 3.40. The van der Waals surface area contributed by atoms with Gasteiger partial charge in [-0.2, -0.15) is 0 Å². The Bertz CT molecular complexity index is 214. The Morgan fingerprint density at radius 3 is 2.60 bits per heavy atom. The summed E-state index contributed by atoms with van der Waals surface area (Å²) in [5, 5.41) is 0. The maximum absolute atomic E-state index is 12.6. The molecule has 0 bridgehead atoms. The number of benzene rings is 1. The normalized spacial score (nSPS) is 10.0. The first-order valence-electron chi connectivity index (χ1n) is 2.45. The van der Waals surface area contributed by atoms with E-state index in [1.54, 1.807) is 6.07 Å². The molecule has 10 heavy (non-hydrogen) atoms. The molecular weight excluding hydrogens is 330 g/mol. The van der Waals surface area contributed by atoms with E-state index in [1.165, 1.54) is 6.07 Å². The highest BCUT2D eigenvalue weighted by atomic mass is 127. The molecule has 0 fully saturated rings. The van der Waals surface area contributed by atoms with Crippen molar-refractivity contribution in [3.8, 4) is 0 Å². The Morgan fingerprint density at radius 2 is 2.10 bits per heavy atom. The molecule has 0 heterocycles. The van der Waals surface area contributed by atoms with Crippen molar-refractivity contribution in [2.75, 3.05) is 0 Å². The highest BCUT2D eigenvalue weighted by Crippen LogP contribution is 2.24. The predicted molar refractivity (Wildman–Crippen MR) is 54.1 cm³/mol. The third-order valence-electron chi connectivity index (χ3n) is 0.990. The van der Waals surface area contributed by atoms with Crippen molar-refractivity contribution >= 4 is 51.1 Å². The van der Waals surface area contributed by atoms with E-state index in [4.69, 9.17) is 0 Å². The van der Waals surface area contributed by atoms with Gasteiger partial charge in [0.15, 0.2) is 0 Å². The van der Waals surface area contributed by atoms with E-state index >= 15 is 0 Å². The first-order chi connectivity index (χ1) is 4.61. The first kappa shape index (κ1) is 8.80. The highest BCUT2D eigenvalue weighted by Gasteiger charge is 2.01. The summed E-state index contributed by atoms with van der Waals surface area (Å²) in [6.45, 7) is 0. The second-order valence-electron chi connectivity index (χ2n) is 1.72. The van der Waals surface area contributed by atoms with Gasteiger partial charge in [0.25, 0.3) is 0 Å². The molecule has 0 aliphatic heterocycles. The van der Waals surface area contributed by atoms with Crippen LogP contribution in [0.5, 0.6) is 0 Å². The summed E-state index contributed by atoms with van der Waals surface area (Å²) < 4.78 is 14.4. The zero-order chi connectivity index (χ0) is 7.72. The van der Waals surface area contributed by atoms with Gasteiger partial charge in [-0.1, -0.05) is 0 Å². The highest BCUT2D eigenvalue weighted by molar-refractivity contribution is 14.1. The van der Waals surface area contributed by atoms with Gasteiger partial charge in [-0.25, -0.2) is 4.39 Å². The molecule has 4 heteroatoms. The van der Waals surface area contributed by atoms with Crippen LogP contribution in [0.3, 0.4) is 0 Å². The molecule has 1 rings (SSSR count). The average Bonchev–Trinajstić information content (AvgIpc) is 1.84. The maximum Gasteiger partial charge on any atom is 0.137 e. The van der Waals surface area contributed by atoms with E-state index < -0.39 is 0 Å². The summed E-state index contributed by atoms with van der Waals surface area (Å²) in [5.74, 6) is -0.296. The molecule has 0 unspecified atom stereocenters. The van der Waals surface area contributed by atoms with Crippen LogP contribution in [-0.2, 0) is 0 Å². The number of halogens is 3. The molecule has 1 aromatic carbocycles. The fraction of sp³-hybridized carbons (Fsp3) is 0. The van der Waals surface area contributed by atoms with Crippen LogP contribution >= 0.6 is 51.1 Å². The molecule has 0 radical (unpaired) electrons. The Morgan fingerprint density at radius 1 is 1.50 bits per heavy atom. The lowest BCUT2D eigenvalue weighted by molar-refractivity contribution is 0.601. The lowest BCUT2D eigenvalue weighted by Gasteiger charge is -1.97. The number of hydrogen-bond donors (Lipinski definition) is 1. The largest absolute Gasteiger partial charge is 0.206 e. The molecule has 0 nitrogen and oxygen atoms in total. The van der Waals surface area contributed by atoms with E-state index in [0.29, 0.717) is 4.90 Å². The Kier molecular flexibility index (Phi) is 3.00. The molecule has 0 aromatic heterocycles. The topological polar surface area (TPSA) is 0 Å². The van der Waals surface area contributed by atoms with Crippen LogP contribution in [0.25, 0.3) is 0 Å². The number of rotatable bonds is 0. The fourth-order valence-corrected chi connectivity index (χ4v) is 1.73. The van der Waals surface area contributed by atoms with Crippen LogP contribution in [0.1, 0.15) is 0 Å². The van der Waals surface area contributed by atoms with Crippen LogP contribution in [-0.4, -0.2) is 0 Å². The lowest BCUT2D eigenvalue weighted by atomic mass is 10.3.